The van der Waals surface area contributed by atoms with Gasteiger partial charge in [0.1, 0.15) is 0 Å². The molecule has 112 valence electrons. The van der Waals surface area contributed by atoms with Gasteiger partial charge in [0.15, 0.2) is 0 Å². The van der Waals surface area contributed by atoms with Crippen molar-refractivity contribution in [3.8, 4) is 0 Å². The average Bonchev–Trinajstić information content (AvgIpc) is 2.95. The van der Waals surface area contributed by atoms with E-state index < -0.39 is 0 Å². The summed E-state index contributed by atoms with van der Waals surface area (Å²) >= 11 is 5.45. The van der Waals surface area contributed by atoms with Gasteiger partial charge in [-0.3, -0.25) is 4.90 Å². The molecule has 1 aromatic heterocycles. The van der Waals surface area contributed by atoms with E-state index in [4.69, 9.17) is 0 Å². The van der Waals surface area contributed by atoms with Crippen LogP contribution in [0, 0.1) is 0 Å². The summed E-state index contributed by atoms with van der Waals surface area (Å²) in [5, 5.41) is 3.74. The van der Waals surface area contributed by atoms with Crippen molar-refractivity contribution < 1.29 is 0 Å². The Bertz CT molecular complexity index is 420. The molecule has 0 radical (unpaired) electrons. The Hall–Kier alpha value is 0.1000. The maximum atomic E-state index is 3.74. The van der Waals surface area contributed by atoms with E-state index >= 15 is 0 Å². The molecule has 0 aliphatic carbocycles. The molecule has 1 aromatic rings. The highest BCUT2D eigenvalue weighted by Crippen LogP contribution is 2.36. The molecule has 0 spiro atoms. The van der Waals surface area contributed by atoms with E-state index in [1.165, 1.54) is 60.3 Å². The van der Waals surface area contributed by atoms with Crippen LogP contribution in [-0.4, -0.2) is 36.1 Å². The third kappa shape index (κ3) is 3.46. The minimum atomic E-state index is 0.777. The summed E-state index contributed by atoms with van der Waals surface area (Å²) in [5.74, 6) is 0. The minimum absolute atomic E-state index is 0.777. The van der Waals surface area contributed by atoms with Gasteiger partial charge < -0.3 is 5.32 Å². The van der Waals surface area contributed by atoms with Crippen LogP contribution < -0.4 is 5.32 Å². The molecule has 2 aliphatic rings. The van der Waals surface area contributed by atoms with Gasteiger partial charge >= 0.3 is 0 Å². The highest BCUT2D eigenvalue weighted by molar-refractivity contribution is 9.11. The van der Waals surface area contributed by atoms with E-state index in [9.17, 15) is 0 Å². The van der Waals surface area contributed by atoms with Gasteiger partial charge in [-0.15, -0.1) is 11.3 Å². The highest BCUT2D eigenvalue weighted by atomic mass is 79.9. The quantitative estimate of drug-likeness (QED) is 0.826. The van der Waals surface area contributed by atoms with Crippen LogP contribution >= 0.6 is 27.3 Å². The predicted molar refractivity (Wildman–Crippen MR) is 90.6 cm³/mol. The number of halogens is 1. The average molecular weight is 357 g/mol. The van der Waals surface area contributed by atoms with Gasteiger partial charge in [0.05, 0.1) is 3.79 Å². The first-order valence-electron chi connectivity index (χ1n) is 7.99. The largest absolute Gasteiger partial charge is 0.314 e. The zero-order valence-corrected chi connectivity index (χ0v) is 14.7. The molecule has 2 bridgehead atoms. The van der Waals surface area contributed by atoms with Crippen LogP contribution in [0.3, 0.4) is 0 Å². The first-order chi connectivity index (χ1) is 9.76. The summed E-state index contributed by atoms with van der Waals surface area (Å²) in [7, 11) is 0. The van der Waals surface area contributed by atoms with E-state index in [1.807, 2.05) is 11.3 Å². The number of thiophene rings is 1. The number of rotatable bonds is 6. The van der Waals surface area contributed by atoms with Crippen molar-refractivity contribution >= 4 is 27.3 Å². The van der Waals surface area contributed by atoms with Crippen LogP contribution in [0.2, 0.25) is 0 Å². The van der Waals surface area contributed by atoms with Crippen LogP contribution in [0.25, 0.3) is 0 Å². The second-order valence-corrected chi connectivity index (χ2v) is 8.75. The molecule has 2 atom stereocenters. The number of hydrogen-bond donors (Lipinski definition) is 1. The Morgan fingerprint density at radius 2 is 2.05 bits per heavy atom. The number of piperidine rings is 1. The SMILES string of the molecule is CCCNC1CC2CCC(C1)N2CCc1ccc(Br)s1. The van der Waals surface area contributed by atoms with Crippen LogP contribution in [-0.2, 0) is 6.42 Å². The second-order valence-electron chi connectivity index (χ2n) is 6.20. The molecular weight excluding hydrogens is 332 g/mol. The Morgan fingerprint density at radius 1 is 1.30 bits per heavy atom. The zero-order valence-electron chi connectivity index (χ0n) is 12.3. The summed E-state index contributed by atoms with van der Waals surface area (Å²) in [6.45, 7) is 4.70. The Kier molecular flexibility index (Phi) is 5.18. The number of hydrogen-bond acceptors (Lipinski definition) is 3. The lowest BCUT2D eigenvalue weighted by Crippen LogP contribution is -2.49. The first-order valence-corrected chi connectivity index (χ1v) is 9.60. The third-order valence-electron chi connectivity index (χ3n) is 4.81. The lowest BCUT2D eigenvalue weighted by Gasteiger charge is -2.39. The van der Waals surface area contributed by atoms with E-state index in [2.05, 4.69) is 45.2 Å². The minimum Gasteiger partial charge on any atom is -0.314 e. The van der Waals surface area contributed by atoms with Crippen LogP contribution in [0.15, 0.2) is 15.9 Å². The summed E-state index contributed by atoms with van der Waals surface area (Å²) in [5.41, 5.74) is 0. The molecule has 1 N–H and O–H groups in total. The monoisotopic (exact) mass is 356 g/mol. The summed E-state index contributed by atoms with van der Waals surface area (Å²) in [4.78, 5) is 4.32. The summed E-state index contributed by atoms with van der Waals surface area (Å²) in [6.07, 6.45) is 8.04. The normalized spacial score (nSPS) is 30.0. The van der Waals surface area contributed by atoms with Crippen molar-refractivity contribution in [1.82, 2.24) is 10.2 Å². The van der Waals surface area contributed by atoms with Crippen molar-refractivity contribution in [3.63, 3.8) is 0 Å². The van der Waals surface area contributed by atoms with E-state index in [0.717, 1.165) is 18.1 Å². The fourth-order valence-corrected chi connectivity index (χ4v) is 5.35. The number of fused-ring (bicyclic) bond motifs is 2. The van der Waals surface area contributed by atoms with Gasteiger partial charge in [0, 0.05) is 29.5 Å². The molecule has 20 heavy (non-hydrogen) atoms. The van der Waals surface area contributed by atoms with Crippen molar-refractivity contribution in [2.75, 3.05) is 13.1 Å². The van der Waals surface area contributed by atoms with Crippen molar-refractivity contribution in [3.05, 3.63) is 20.8 Å². The first kappa shape index (κ1) is 15.0. The van der Waals surface area contributed by atoms with Crippen LogP contribution in [0.5, 0.6) is 0 Å². The number of nitrogens with one attached hydrogen (secondary N) is 1. The molecule has 2 fully saturated rings. The Balaban J connectivity index is 1.52. The molecule has 2 saturated heterocycles. The molecule has 0 aromatic carbocycles. The maximum Gasteiger partial charge on any atom is 0.0701 e. The van der Waals surface area contributed by atoms with E-state index in [1.54, 1.807) is 0 Å². The smallest absolute Gasteiger partial charge is 0.0701 e. The lowest BCUT2D eigenvalue weighted by atomic mass is 9.97. The summed E-state index contributed by atoms with van der Waals surface area (Å²) < 4.78 is 1.26. The molecule has 0 amide bonds. The third-order valence-corrected chi connectivity index (χ3v) is 6.50. The Morgan fingerprint density at radius 3 is 2.65 bits per heavy atom. The number of nitrogens with zero attached hydrogens (tertiary/aromatic N) is 1. The Labute approximate surface area is 135 Å². The van der Waals surface area contributed by atoms with Gasteiger partial charge in [0.2, 0.25) is 0 Å². The molecule has 3 heterocycles. The van der Waals surface area contributed by atoms with E-state index in [0.29, 0.717) is 0 Å². The maximum absolute atomic E-state index is 3.74. The van der Waals surface area contributed by atoms with Crippen molar-refractivity contribution in [2.45, 2.75) is 63.6 Å². The van der Waals surface area contributed by atoms with Crippen LogP contribution in [0.4, 0.5) is 0 Å². The molecule has 0 saturated carbocycles. The molecule has 4 heteroatoms. The van der Waals surface area contributed by atoms with E-state index in [-0.39, 0.29) is 0 Å². The molecule has 2 nitrogen and oxygen atoms in total. The fourth-order valence-electron chi connectivity index (χ4n) is 3.88. The van der Waals surface area contributed by atoms with Crippen LogP contribution in [0.1, 0.15) is 43.9 Å². The molecule has 3 rings (SSSR count). The van der Waals surface area contributed by atoms with Gasteiger partial charge in [-0.25, -0.2) is 0 Å². The lowest BCUT2D eigenvalue weighted by molar-refractivity contribution is 0.119. The van der Waals surface area contributed by atoms with Gasteiger partial charge in [-0.2, -0.15) is 0 Å². The van der Waals surface area contributed by atoms with Gasteiger partial charge in [-0.1, -0.05) is 6.92 Å². The second kappa shape index (κ2) is 6.91. The van der Waals surface area contributed by atoms with Crippen molar-refractivity contribution in [1.29, 1.82) is 0 Å². The van der Waals surface area contributed by atoms with Crippen molar-refractivity contribution in [2.24, 2.45) is 0 Å². The fraction of sp³-hybridized carbons (Fsp3) is 0.750. The van der Waals surface area contributed by atoms with Gasteiger partial charge in [0.25, 0.3) is 0 Å². The highest BCUT2D eigenvalue weighted by Gasteiger charge is 2.39. The molecule has 2 aliphatic heterocycles. The molecular formula is C16H25BrN2S. The van der Waals surface area contributed by atoms with Gasteiger partial charge in [-0.05, 0) is 73.1 Å². The standard InChI is InChI=1S/C16H25BrN2S/c1-2-8-18-12-10-13-3-4-14(11-12)19(13)9-7-15-5-6-16(17)20-15/h5-6,12-14,18H,2-4,7-11H2,1H3. The predicted octanol–water partition coefficient (Wildman–Crippen LogP) is 4.05. The molecule has 2 unspecified atom stereocenters. The topological polar surface area (TPSA) is 15.3 Å². The summed E-state index contributed by atoms with van der Waals surface area (Å²) in [6, 6.07) is 6.90. The zero-order chi connectivity index (χ0) is 13.9.